The average Bonchev–Trinajstić information content (AvgIpc) is 3.17. The van der Waals surface area contributed by atoms with E-state index in [9.17, 15) is 9.59 Å². The zero-order chi connectivity index (χ0) is 20.8. The second-order valence-electron chi connectivity index (χ2n) is 6.35. The highest BCUT2D eigenvalue weighted by molar-refractivity contribution is 7.98. The number of ketones is 1. The first-order chi connectivity index (χ1) is 14.0. The van der Waals surface area contributed by atoms with E-state index in [2.05, 4.69) is 5.16 Å². The molecule has 0 fully saturated rings. The normalized spacial score (nSPS) is 11.7. The van der Waals surface area contributed by atoms with Gasteiger partial charge in [-0.3, -0.25) is 4.79 Å². The standard InChI is InChI=1S/C22H21NO5S/c1-14-12-17(23-28-14)13-29-20-7-5-4-6-19(20)22(25)27-15(2)21(24)16-8-10-18(26-3)11-9-16/h4-12,15H,13H2,1-3H3/t15-/m0/s1. The third-order valence-electron chi connectivity index (χ3n) is 4.19. The molecule has 29 heavy (non-hydrogen) atoms. The first-order valence-corrected chi connectivity index (χ1v) is 9.99. The van der Waals surface area contributed by atoms with Crippen LogP contribution in [0.25, 0.3) is 0 Å². The number of carbonyl (C=O) groups is 2. The number of ether oxygens (including phenoxy) is 2. The highest BCUT2D eigenvalue weighted by Gasteiger charge is 2.22. The monoisotopic (exact) mass is 411 g/mol. The van der Waals surface area contributed by atoms with Crippen LogP contribution in [0.4, 0.5) is 0 Å². The molecule has 0 saturated carbocycles. The summed E-state index contributed by atoms with van der Waals surface area (Å²) in [7, 11) is 1.56. The van der Waals surface area contributed by atoms with Crippen LogP contribution in [0.1, 0.15) is 39.1 Å². The third-order valence-corrected chi connectivity index (χ3v) is 5.29. The van der Waals surface area contributed by atoms with E-state index in [1.807, 2.05) is 25.1 Å². The topological polar surface area (TPSA) is 78.6 Å². The predicted molar refractivity (Wildman–Crippen MR) is 109 cm³/mol. The van der Waals surface area contributed by atoms with Crippen molar-refractivity contribution in [3.63, 3.8) is 0 Å². The molecular formula is C22H21NO5S. The van der Waals surface area contributed by atoms with Gasteiger partial charge in [0, 0.05) is 22.3 Å². The SMILES string of the molecule is COc1ccc(C(=O)[C@H](C)OC(=O)c2ccccc2SCc2cc(C)on2)cc1. The van der Waals surface area contributed by atoms with E-state index in [1.165, 1.54) is 11.8 Å². The smallest absolute Gasteiger partial charge is 0.339 e. The van der Waals surface area contributed by atoms with Crippen LogP contribution in [0.15, 0.2) is 64.0 Å². The number of Topliss-reactive ketones (excluding diaryl/α,β-unsaturated/α-hetero) is 1. The summed E-state index contributed by atoms with van der Waals surface area (Å²) in [5.74, 6) is 1.13. The van der Waals surface area contributed by atoms with E-state index in [0.717, 1.165) is 16.3 Å². The van der Waals surface area contributed by atoms with Gasteiger partial charge in [0.15, 0.2) is 6.10 Å². The minimum absolute atomic E-state index is 0.274. The van der Waals surface area contributed by atoms with E-state index < -0.39 is 12.1 Å². The molecule has 0 bridgehead atoms. The lowest BCUT2D eigenvalue weighted by Crippen LogP contribution is -2.24. The van der Waals surface area contributed by atoms with E-state index >= 15 is 0 Å². The number of aromatic nitrogens is 1. The zero-order valence-corrected chi connectivity index (χ0v) is 17.2. The van der Waals surface area contributed by atoms with Crippen LogP contribution in [0, 0.1) is 6.92 Å². The van der Waals surface area contributed by atoms with Crippen LogP contribution in [0.3, 0.4) is 0 Å². The van der Waals surface area contributed by atoms with Gasteiger partial charge >= 0.3 is 5.97 Å². The van der Waals surface area contributed by atoms with Gasteiger partial charge < -0.3 is 14.0 Å². The van der Waals surface area contributed by atoms with Gasteiger partial charge in [0.1, 0.15) is 11.5 Å². The second-order valence-corrected chi connectivity index (χ2v) is 7.37. The summed E-state index contributed by atoms with van der Waals surface area (Å²) in [5, 5.41) is 3.96. The van der Waals surface area contributed by atoms with Gasteiger partial charge in [-0.25, -0.2) is 4.79 Å². The molecule has 1 heterocycles. The molecule has 0 amide bonds. The van der Waals surface area contributed by atoms with Crippen molar-refractivity contribution in [3.05, 3.63) is 77.2 Å². The number of nitrogens with zero attached hydrogens (tertiary/aromatic N) is 1. The van der Waals surface area contributed by atoms with Crippen molar-refractivity contribution in [3.8, 4) is 5.75 Å². The number of thioether (sulfide) groups is 1. The van der Waals surface area contributed by atoms with Crippen molar-refractivity contribution in [2.75, 3.05) is 7.11 Å². The molecule has 1 aromatic heterocycles. The summed E-state index contributed by atoms with van der Waals surface area (Å²) in [5.41, 5.74) is 1.65. The Labute approximate surface area is 173 Å². The number of benzene rings is 2. The van der Waals surface area contributed by atoms with Crippen LogP contribution < -0.4 is 4.74 Å². The molecular weight excluding hydrogens is 390 g/mol. The maximum absolute atomic E-state index is 12.7. The van der Waals surface area contributed by atoms with Crippen molar-refractivity contribution in [1.82, 2.24) is 5.16 Å². The molecule has 6 nitrogen and oxygen atoms in total. The minimum atomic E-state index is -0.910. The number of aryl methyl sites for hydroxylation is 1. The van der Waals surface area contributed by atoms with Gasteiger partial charge in [-0.15, -0.1) is 11.8 Å². The van der Waals surface area contributed by atoms with Gasteiger partial charge in [-0.2, -0.15) is 0 Å². The molecule has 3 rings (SSSR count). The first-order valence-electron chi connectivity index (χ1n) is 9.01. The molecule has 0 aliphatic heterocycles. The number of rotatable bonds is 8. The maximum atomic E-state index is 12.7. The van der Waals surface area contributed by atoms with Gasteiger partial charge in [0.05, 0.1) is 18.4 Å². The molecule has 0 N–H and O–H groups in total. The molecule has 1 atom stereocenters. The molecule has 3 aromatic rings. The fourth-order valence-electron chi connectivity index (χ4n) is 2.67. The van der Waals surface area contributed by atoms with Crippen molar-refractivity contribution in [2.24, 2.45) is 0 Å². The Balaban J connectivity index is 1.67. The van der Waals surface area contributed by atoms with E-state index in [4.69, 9.17) is 14.0 Å². The van der Waals surface area contributed by atoms with Crippen molar-refractivity contribution in [1.29, 1.82) is 0 Å². The highest BCUT2D eigenvalue weighted by Crippen LogP contribution is 2.27. The lowest BCUT2D eigenvalue weighted by molar-refractivity contribution is 0.0315. The molecule has 2 aromatic carbocycles. The summed E-state index contributed by atoms with van der Waals surface area (Å²) >= 11 is 1.46. The van der Waals surface area contributed by atoms with Crippen LogP contribution in [0.2, 0.25) is 0 Å². The molecule has 0 spiro atoms. The molecule has 0 aliphatic carbocycles. The van der Waals surface area contributed by atoms with E-state index in [-0.39, 0.29) is 5.78 Å². The molecule has 0 saturated heterocycles. The van der Waals surface area contributed by atoms with Crippen molar-refractivity contribution >= 4 is 23.5 Å². The molecule has 0 aliphatic rings. The number of methoxy groups -OCH3 is 1. The quantitative estimate of drug-likeness (QED) is 0.302. The summed E-state index contributed by atoms with van der Waals surface area (Å²) in [4.78, 5) is 26.0. The number of hydrogen-bond acceptors (Lipinski definition) is 7. The zero-order valence-electron chi connectivity index (χ0n) is 16.4. The Morgan fingerprint density at radius 3 is 2.52 bits per heavy atom. The Bertz CT molecular complexity index is 996. The van der Waals surface area contributed by atoms with Gasteiger partial charge in [-0.05, 0) is 50.2 Å². The molecule has 0 radical (unpaired) electrons. The summed E-state index contributed by atoms with van der Waals surface area (Å²) < 4.78 is 15.6. The molecule has 0 unspecified atom stereocenters. The minimum Gasteiger partial charge on any atom is -0.497 e. The van der Waals surface area contributed by atoms with Crippen LogP contribution in [-0.4, -0.2) is 30.1 Å². The van der Waals surface area contributed by atoms with Gasteiger partial charge in [0.25, 0.3) is 0 Å². The Hall–Kier alpha value is -3.06. The third kappa shape index (κ3) is 5.26. The Morgan fingerprint density at radius 2 is 1.86 bits per heavy atom. The fraction of sp³-hybridized carbons (Fsp3) is 0.227. The molecule has 150 valence electrons. The van der Waals surface area contributed by atoms with Crippen molar-refractivity contribution < 1.29 is 23.6 Å². The predicted octanol–water partition coefficient (Wildman–Crippen LogP) is 4.71. The number of esters is 1. The van der Waals surface area contributed by atoms with Gasteiger partial charge in [0.2, 0.25) is 5.78 Å². The summed E-state index contributed by atoms with van der Waals surface area (Å²) in [6.07, 6.45) is -0.910. The van der Waals surface area contributed by atoms with Crippen LogP contribution in [0.5, 0.6) is 5.75 Å². The van der Waals surface area contributed by atoms with Gasteiger partial charge in [-0.1, -0.05) is 17.3 Å². The van der Waals surface area contributed by atoms with E-state index in [0.29, 0.717) is 22.6 Å². The van der Waals surface area contributed by atoms with Crippen LogP contribution in [-0.2, 0) is 10.5 Å². The maximum Gasteiger partial charge on any atom is 0.339 e. The Kier molecular flexibility index (Phi) is 6.72. The summed E-state index contributed by atoms with van der Waals surface area (Å²) in [6.45, 7) is 3.39. The highest BCUT2D eigenvalue weighted by atomic mass is 32.2. The Morgan fingerprint density at radius 1 is 1.14 bits per heavy atom. The summed E-state index contributed by atoms with van der Waals surface area (Å²) in [6, 6.07) is 15.7. The lowest BCUT2D eigenvalue weighted by atomic mass is 10.1. The van der Waals surface area contributed by atoms with E-state index in [1.54, 1.807) is 50.4 Å². The van der Waals surface area contributed by atoms with Crippen LogP contribution >= 0.6 is 11.8 Å². The average molecular weight is 411 g/mol. The second kappa shape index (κ2) is 9.43. The number of hydrogen-bond donors (Lipinski definition) is 0. The van der Waals surface area contributed by atoms with Crippen molar-refractivity contribution in [2.45, 2.75) is 30.6 Å². The lowest BCUT2D eigenvalue weighted by Gasteiger charge is -2.14. The molecule has 7 heteroatoms. The number of carbonyl (C=O) groups excluding carboxylic acids is 2. The fourth-order valence-corrected chi connectivity index (χ4v) is 3.59. The first kappa shape index (κ1) is 20.7. The largest absolute Gasteiger partial charge is 0.497 e.